The lowest BCUT2D eigenvalue weighted by atomic mass is 10.0. The van der Waals surface area contributed by atoms with E-state index in [1.54, 1.807) is 24.3 Å². The van der Waals surface area contributed by atoms with Gasteiger partial charge in [-0.2, -0.15) is 0 Å². The molecule has 0 radical (unpaired) electrons. The molecule has 0 saturated heterocycles. The van der Waals surface area contributed by atoms with E-state index >= 15 is 0 Å². The Bertz CT molecular complexity index is 1440. The van der Waals surface area contributed by atoms with Gasteiger partial charge in [0.25, 0.3) is 10.0 Å². The van der Waals surface area contributed by atoms with Crippen LogP contribution in [0.2, 0.25) is 0 Å². The van der Waals surface area contributed by atoms with Gasteiger partial charge in [0, 0.05) is 12.3 Å². The number of thiazole rings is 1. The summed E-state index contributed by atoms with van der Waals surface area (Å²) in [6.07, 6.45) is 0. The molecular weight excluding hydrogens is 448 g/mol. The SMILES string of the molecule is Cc1ccc(-c2ccc3c(c2)N(S(=O)(=O)c2ccc4nc(C)sc4c2)CCS3=O)cc1. The maximum Gasteiger partial charge on any atom is 0.264 e. The number of aryl methyl sites for hydroxylation is 2. The molecule has 5 rings (SSSR count). The number of fused-ring (bicyclic) bond motifs is 2. The van der Waals surface area contributed by atoms with E-state index in [2.05, 4.69) is 4.98 Å². The Labute approximate surface area is 187 Å². The van der Waals surface area contributed by atoms with Crippen LogP contribution in [0, 0.1) is 13.8 Å². The van der Waals surface area contributed by atoms with Gasteiger partial charge in [-0.1, -0.05) is 35.9 Å². The van der Waals surface area contributed by atoms with Gasteiger partial charge in [-0.05, 0) is 55.3 Å². The van der Waals surface area contributed by atoms with E-state index in [0.717, 1.165) is 31.9 Å². The van der Waals surface area contributed by atoms with Crippen LogP contribution in [-0.2, 0) is 20.8 Å². The molecule has 3 aromatic carbocycles. The summed E-state index contributed by atoms with van der Waals surface area (Å²) < 4.78 is 42.1. The lowest BCUT2D eigenvalue weighted by Crippen LogP contribution is -2.38. The second kappa shape index (κ2) is 7.55. The minimum absolute atomic E-state index is 0.180. The van der Waals surface area contributed by atoms with Crippen molar-refractivity contribution in [2.24, 2.45) is 0 Å². The van der Waals surface area contributed by atoms with Gasteiger partial charge in [-0.25, -0.2) is 13.4 Å². The van der Waals surface area contributed by atoms with Gasteiger partial charge in [-0.3, -0.25) is 8.51 Å². The van der Waals surface area contributed by atoms with Crippen molar-refractivity contribution in [2.45, 2.75) is 23.6 Å². The zero-order chi connectivity index (χ0) is 21.8. The second-order valence-electron chi connectivity index (χ2n) is 7.54. The van der Waals surface area contributed by atoms with Crippen LogP contribution in [0.4, 0.5) is 5.69 Å². The number of anilines is 1. The molecule has 0 spiro atoms. The van der Waals surface area contributed by atoms with Crippen LogP contribution >= 0.6 is 11.3 Å². The Morgan fingerprint density at radius 2 is 1.71 bits per heavy atom. The smallest absolute Gasteiger partial charge is 0.264 e. The quantitative estimate of drug-likeness (QED) is 0.429. The largest absolute Gasteiger partial charge is 0.264 e. The fraction of sp³-hybridized carbons (Fsp3) is 0.174. The second-order valence-corrected chi connectivity index (χ2v) is 12.2. The number of aromatic nitrogens is 1. The average molecular weight is 469 g/mol. The third kappa shape index (κ3) is 3.58. The first-order valence-corrected chi connectivity index (χ1v) is 13.4. The van der Waals surface area contributed by atoms with Crippen LogP contribution in [0.1, 0.15) is 10.6 Å². The van der Waals surface area contributed by atoms with Crippen molar-refractivity contribution in [3.05, 3.63) is 71.2 Å². The van der Waals surface area contributed by atoms with Gasteiger partial charge < -0.3 is 0 Å². The summed E-state index contributed by atoms with van der Waals surface area (Å²) in [7, 11) is -5.04. The fourth-order valence-electron chi connectivity index (χ4n) is 3.78. The molecule has 0 N–H and O–H groups in total. The Hall–Kier alpha value is -2.55. The molecule has 1 atom stereocenters. The highest BCUT2D eigenvalue weighted by molar-refractivity contribution is 7.93. The zero-order valence-corrected chi connectivity index (χ0v) is 19.5. The number of hydrogen-bond acceptors (Lipinski definition) is 5. The number of hydrogen-bond donors (Lipinski definition) is 0. The van der Waals surface area contributed by atoms with E-state index in [4.69, 9.17) is 0 Å². The van der Waals surface area contributed by atoms with Crippen molar-refractivity contribution in [3.63, 3.8) is 0 Å². The number of benzene rings is 3. The predicted molar refractivity (Wildman–Crippen MR) is 127 cm³/mol. The monoisotopic (exact) mass is 468 g/mol. The maximum atomic E-state index is 13.6. The molecule has 0 fully saturated rings. The van der Waals surface area contributed by atoms with Gasteiger partial charge >= 0.3 is 0 Å². The molecular formula is C23H20N2O3S3. The van der Waals surface area contributed by atoms with Crippen LogP contribution in [0.15, 0.2) is 70.5 Å². The van der Waals surface area contributed by atoms with Gasteiger partial charge in [0.1, 0.15) is 0 Å². The van der Waals surface area contributed by atoms with Gasteiger partial charge in [0.05, 0.1) is 41.5 Å². The van der Waals surface area contributed by atoms with E-state index in [1.165, 1.54) is 15.6 Å². The van der Waals surface area contributed by atoms with E-state index in [9.17, 15) is 12.6 Å². The third-order valence-electron chi connectivity index (χ3n) is 5.39. The van der Waals surface area contributed by atoms with Gasteiger partial charge in [-0.15, -0.1) is 11.3 Å². The molecule has 4 aromatic rings. The molecule has 1 aliphatic heterocycles. The van der Waals surface area contributed by atoms with Crippen molar-refractivity contribution < 1.29 is 12.6 Å². The molecule has 0 aliphatic carbocycles. The van der Waals surface area contributed by atoms with E-state index in [0.29, 0.717) is 10.6 Å². The molecule has 0 saturated carbocycles. The van der Waals surface area contributed by atoms with Crippen molar-refractivity contribution >= 4 is 48.1 Å². The molecule has 31 heavy (non-hydrogen) atoms. The molecule has 1 unspecified atom stereocenters. The fourth-order valence-corrected chi connectivity index (χ4v) is 7.59. The number of sulfonamides is 1. The topological polar surface area (TPSA) is 67.3 Å². The van der Waals surface area contributed by atoms with Crippen LogP contribution in [0.25, 0.3) is 21.3 Å². The Kier molecular flexibility index (Phi) is 4.96. The summed E-state index contributed by atoms with van der Waals surface area (Å²) in [5.41, 5.74) is 4.32. The molecule has 2 heterocycles. The number of rotatable bonds is 3. The Morgan fingerprint density at radius 1 is 0.968 bits per heavy atom. The summed E-state index contributed by atoms with van der Waals surface area (Å²) in [5, 5.41) is 0.894. The molecule has 5 nitrogen and oxygen atoms in total. The van der Waals surface area contributed by atoms with Gasteiger partial charge in [0.2, 0.25) is 0 Å². The van der Waals surface area contributed by atoms with Crippen LogP contribution in [-0.4, -0.2) is 29.9 Å². The van der Waals surface area contributed by atoms with E-state index in [-0.39, 0.29) is 17.2 Å². The molecule has 0 amide bonds. The summed E-state index contributed by atoms with van der Waals surface area (Å²) >= 11 is 1.47. The Morgan fingerprint density at radius 3 is 2.48 bits per heavy atom. The van der Waals surface area contributed by atoms with Crippen molar-refractivity contribution in [3.8, 4) is 11.1 Å². The predicted octanol–water partition coefficient (Wildman–Crippen LogP) is 4.90. The molecule has 1 aromatic heterocycles. The van der Waals surface area contributed by atoms with Crippen molar-refractivity contribution in [1.82, 2.24) is 4.98 Å². The minimum Gasteiger partial charge on any atom is -0.264 e. The summed E-state index contributed by atoms with van der Waals surface area (Å²) in [5.74, 6) is 0.276. The minimum atomic E-state index is -3.81. The first-order chi connectivity index (χ1) is 14.8. The highest BCUT2D eigenvalue weighted by Crippen LogP contribution is 2.37. The molecule has 8 heteroatoms. The summed E-state index contributed by atoms with van der Waals surface area (Å²) in [4.78, 5) is 5.20. The maximum absolute atomic E-state index is 13.6. The van der Waals surface area contributed by atoms with E-state index in [1.807, 2.05) is 50.2 Å². The first-order valence-electron chi connectivity index (χ1n) is 9.82. The third-order valence-corrected chi connectivity index (χ3v) is 9.52. The molecule has 0 bridgehead atoms. The lowest BCUT2D eigenvalue weighted by Gasteiger charge is -2.30. The normalized spacial score (nSPS) is 16.5. The van der Waals surface area contributed by atoms with Crippen LogP contribution < -0.4 is 4.31 Å². The van der Waals surface area contributed by atoms with Crippen LogP contribution in [0.3, 0.4) is 0 Å². The first kappa shape index (κ1) is 20.4. The van der Waals surface area contributed by atoms with Crippen molar-refractivity contribution in [1.29, 1.82) is 0 Å². The standard InChI is InChI=1S/C23H20N2O3S3/c1-15-3-5-17(6-4-15)18-7-10-23-21(13-18)25(11-12-30(23)26)31(27,28)19-8-9-20-22(14-19)29-16(2)24-20/h3-10,13-14H,11-12H2,1-2H3. The molecule has 158 valence electrons. The van der Waals surface area contributed by atoms with E-state index < -0.39 is 20.8 Å². The zero-order valence-electron chi connectivity index (χ0n) is 17.0. The Balaban J connectivity index is 1.63. The highest BCUT2D eigenvalue weighted by atomic mass is 32.2. The van der Waals surface area contributed by atoms with Crippen molar-refractivity contribution in [2.75, 3.05) is 16.6 Å². The highest BCUT2D eigenvalue weighted by Gasteiger charge is 2.32. The summed E-state index contributed by atoms with van der Waals surface area (Å²) in [6.45, 7) is 4.11. The van der Waals surface area contributed by atoms with Gasteiger partial charge in [0.15, 0.2) is 0 Å². The average Bonchev–Trinajstić information content (AvgIpc) is 3.13. The molecule has 1 aliphatic rings. The van der Waals surface area contributed by atoms with Crippen LogP contribution in [0.5, 0.6) is 0 Å². The lowest BCUT2D eigenvalue weighted by molar-refractivity contribution is 0.591. The number of nitrogens with zero attached hydrogens (tertiary/aromatic N) is 2. The summed E-state index contributed by atoms with van der Waals surface area (Å²) in [6, 6.07) is 18.6.